The van der Waals surface area contributed by atoms with Crippen molar-refractivity contribution in [2.45, 2.75) is 11.8 Å². The van der Waals surface area contributed by atoms with Crippen LogP contribution in [0.2, 0.25) is 0 Å². The van der Waals surface area contributed by atoms with E-state index in [1.54, 1.807) is 31.5 Å². The molecule has 7 nitrogen and oxygen atoms in total. The van der Waals surface area contributed by atoms with E-state index >= 15 is 0 Å². The highest BCUT2D eigenvalue weighted by Gasteiger charge is 2.27. The zero-order valence-corrected chi connectivity index (χ0v) is 16.8. The summed E-state index contributed by atoms with van der Waals surface area (Å²) < 4.78 is 32.5. The Balaban J connectivity index is 1.66. The van der Waals surface area contributed by atoms with Crippen molar-refractivity contribution >= 4 is 32.4 Å². The van der Waals surface area contributed by atoms with Gasteiger partial charge in [0, 0.05) is 47.5 Å². The number of aromatic nitrogens is 1. The zero-order valence-electron chi connectivity index (χ0n) is 16.0. The lowest BCUT2D eigenvalue weighted by Crippen LogP contribution is -2.40. The van der Waals surface area contributed by atoms with Gasteiger partial charge in [0.15, 0.2) is 0 Å². The number of hydrogen-bond donors (Lipinski definition) is 1. The largest absolute Gasteiger partial charge is 0.379 e. The highest BCUT2D eigenvalue weighted by molar-refractivity contribution is 7.89. The SMILES string of the molecule is Cc1ccc(S(=O)(=O)N2CCOCC2)cc1C(=O)Nc1cccc2cnccc12. The standard InChI is InChI=1S/C21H21N3O4S/c1-15-5-6-17(29(26,27)24-9-11-28-12-10-24)13-19(15)21(25)23-20-4-2-3-16-14-22-8-7-18(16)20/h2-8,13-14H,9-12H2,1H3,(H,23,25). The summed E-state index contributed by atoms with van der Waals surface area (Å²) in [5.41, 5.74) is 1.67. The maximum atomic E-state index is 13.0. The molecule has 2 heterocycles. The van der Waals surface area contributed by atoms with Gasteiger partial charge in [-0.05, 0) is 36.8 Å². The molecule has 2 aromatic carbocycles. The molecule has 1 saturated heterocycles. The molecule has 0 radical (unpaired) electrons. The summed E-state index contributed by atoms with van der Waals surface area (Å²) in [4.78, 5) is 17.2. The summed E-state index contributed by atoms with van der Waals surface area (Å²) in [7, 11) is -3.68. The predicted molar refractivity (Wildman–Crippen MR) is 110 cm³/mol. The minimum absolute atomic E-state index is 0.109. The number of rotatable bonds is 4. The molecule has 0 aliphatic carbocycles. The number of ether oxygens (including phenoxy) is 1. The number of fused-ring (bicyclic) bond motifs is 1. The summed E-state index contributed by atoms with van der Waals surface area (Å²) in [6.45, 7) is 3.14. The first-order valence-corrected chi connectivity index (χ1v) is 10.7. The molecule has 0 bridgehead atoms. The van der Waals surface area contributed by atoms with Gasteiger partial charge in [-0.3, -0.25) is 9.78 Å². The van der Waals surface area contributed by atoms with Gasteiger partial charge >= 0.3 is 0 Å². The fourth-order valence-electron chi connectivity index (χ4n) is 3.36. The molecule has 1 N–H and O–H groups in total. The number of pyridine rings is 1. The van der Waals surface area contributed by atoms with Crippen LogP contribution in [0.4, 0.5) is 5.69 Å². The van der Waals surface area contributed by atoms with Crippen molar-refractivity contribution in [1.29, 1.82) is 0 Å². The third-order valence-corrected chi connectivity index (χ3v) is 6.89. The predicted octanol–water partition coefficient (Wildman–Crippen LogP) is 2.82. The lowest BCUT2D eigenvalue weighted by atomic mass is 10.1. The summed E-state index contributed by atoms with van der Waals surface area (Å²) in [6.07, 6.45) is 3.39. The van der Waals surface area contributed by atoms with E-state index in [9.17, 15) is 13.2 Å². The quantitative estimate of drug-likeness (QED) is 0.713. The Morgan fingerprint density at radius 2 is 1.93 bits per heavy atom. The molecule has 1 fully saturated rings. The molecule has 1 amide bonds. The molecule has 8 heteroatoms. The first-order chi connectivity index (χ1) is 14.0. The Labute approximate surface area is 169 Å². The number of morpholine rings is 1. The van der Waals surface area contributed by atoms with Crippen molar-refractivity contribution < 1.29 is 17.9 Å². The maximum absolute atomic E-state index is 13.0. The van der Waals surface area contributed by atoms with Crippen LogP contribution < -0.4 is 5.32 Å². The normalized spacial score (nSPS) is 15.3. The number of carbonyl (C=O) groups excluding carboxylic acids is 1. The van der Waals surface area contributed by atoms with E-state index in [0.717, 1.165) is 10.8 Å². The van der Waals surface area contributed by atoms with Crippen molar-refractivity contribution in [3.05, 3.63) is 66.0 Å². The Morgan fingerprint density at radius 1 is 1.14 bits per heavy atom. The second-order valence-electron chi connectivity index (χ2n) is 6.85. The molecular formula is C21H21N3O4S. The van der Waals surface area contributed by atoms with Crippen LogP contribution >= 0.6 is 0 Å². The number of nitrogens with one attached hydrogen (secondary N) is 1. The van der Waals surface area contributed by atoms with E-state index in [4.69, 9.17) is 4.74 Å². The summed E-state index contributed by atoms with van der Waals surface area (Å²) in [5, 5.41) is 4.68. The molecule has 1 aliphatic rings. The monoisotopic (exact) mass is 411 g/mol. The van der Waals surface area contributed by atoms with E-state index in [2.05, 4.69) is 10.3 Å². The number of aryl methyl sites for hydroxylation is 1. The number of hydrogen-bond acceptors (Lipinski definition) is 5. The van der Waals surface area contributed by atoms with Crippen LogP contribution in [-0.4, -0.2) is 49.9 Å². The van der Waals surface area contributed by atoms with E-state index in [1.807, 2.05) is 24.3 Å². The summed E-state index contributed by atoms with van der Waals surface area (Å²) in [6, 6.07) is 12.0. The lowest BCUT2D eigenvalue weighted by molar-refractivity contribution is 0.0730. The molecule has 0 saturated carbocycles. The van der Waals surface area contributed by atoms with Crippen LogP contribution in [0.3, 0.4) is 0 Å². The Kier molecular flexibility index (Phi) is 5.31. The second kappa shape index (κ2) is 7.90. The van der Waals surface area contributed by atoms with Gasteiger partial charge < -0.3 is 10.1 Å². The van der Waals surface area contributed by atoms with Gasteiger partial charge in [0.1, 0.15) is 0 Å². The number of anilines is 1. The van der Waals surface area contributed by atoms with Gasteiger partial charge in [0.2, 0.25) is 10.0 Å². The van der Waals surface area contributed by atoms with Gasteiger partial charge in [-0.15, -0.1) is 0 Å². The fraction of sp³-hybridized carbons (Fsp3) is 0.238. The van der Waals surface area contributed by atoms with Crippen molar-refractivity contribution in [2.75, 3.05) is 31.6 Å². The number of benzene rings is 2. The van der Waals surface area contributed by atoms with E-state index in [0.29, 0.717) is 43.1 Å². The van der Waals surface area contributed by atoms with Crippen LogP contribution in [0.5, 0.6) is 0 Å². The van der Waals surface area contributed by atoms with Crippen LogP contribution in [0, 0.1) is 6.92 Å². The highest BCUT2D eigenvalue weighted by Crippen LogP contribution is 2.25. The Hall–Kier alpha value is -2.81. The van der Waals surface area contributed by atoms with Gasteiger partial charge in [-0.25, -0.2) is 8.42 Å². The average Bonchev–Trinajstić information content (AvgIpc) is 2.75. The molecule has 3 aromatic rings. The molecule has 150 valence electrons. The van der Waals surface area contributed by atoms with Crippen LogP contribution in [0.15, 0.2) is 59.8 Å². The average molecular weight is 411 g/mol. The first kappa shape index (κ1) is 19.5. The fourth-order valence-corrected chi connectivity index (χ4v) is 4.80. The number of nitrogens with zero attached hydrogens (tertiary/aromatic N) is 2. The zero-order chi connectivity index (χ0) is 20.4. The van der Waals surface area contributed by atoms with Crippen LogP contribution in [0.25, 0.3) is 10.8 Å². The number of sulfonamides is 1. The molecule has 29 heavy (non-hydrogen) atoms. The van der Waals surface area contributed by atoms with Crippen molar-refractivity contribution in [1.82, 2.24) is 9.29 Å². The third kappa shape index (κ3) is 3.87. The Morgan fingerprint density at radius 3 is 2.72 bits per heavy atom. The van der Waals surface area contributed by atoms with Crippen molar-refractivity contribution in [3.63, 3.8) is 0 Å². The number of amides is 1. The van der Waals surface area contributed by atoms with E-state index < -0.39 is 10.0 Å². The topological polar surface area (TPSA) is 88.6 Å². The molecule has 1 aliphatic heterocycles. The number of carbonyl (C=O) groups is 1. The van der Waals surface area contributed by atoms with Crippen molar-refractivity contribution in [2.24, 2.45) is 0 Å². The lowest BCUT2D eigenvalue weighted by Gasteiger charge is -2.26. The highest BCUT2D eigenvalue weighted by atomic mass is 32.2. The van der Waals surface area contributed by atoms with Crippen molar-refractivity contribution in [3.8, 4) is 0 Å². The minimum Gasteiger partial charge on any atom is -0.379 e. The van der Waals surface area contributed by atoms with Crippen LogP contribution in [0.1, 0.15) is 15.9 Å². The molecule has 0 unspecified atom stereocenters. The molecule has 0 atom stereocenters. The molecule has 4 rings (SSSR count). The first-order valence-electron chi connectivity index (χ1n) is 9.29. The summed E-state index contributed by atoms with van der Waals surface area (Å²) in [5.74, 6) is -0.356. The van der Waals surface area contributed by atoms with E-state index in [1.165, 1.54) is 10.4 Å². The second-order valence-corrected chi connectivity index (χ2v) is 8.79. The van der Waals surface area contributed by atoms with Gasteiger partial charge in [-0.1, -0.05) is 18.2 Å². The Bertz CT molecular complexity index is 1170. The third-order valence-electron chi connectivity index (χ3n) is 4.99. The van der Waals surface area contributed by atoms with Gasteiger partial charge in [0.25, 0.3) is 5.91 Å². The van der Waals surface area contributed by atoms with Gasteiger partial charge in [0.05, 0.1) is 18.1 Å². The van der Waals surface area contributed by atoms with E-state index in [-0.39, 0.29) is 10.8 Å². The van der Waals surface area contributed by atoms with Gasteiger partial charge in [-0.2, -0.15) is 4.31 Å². The maximum Gasteiger partial charge on any atom is 0.255 e. The molecular weight excluding hydrogens is 390 g/mol. The molecule has 1 aromatic heterocycles. The summed E-state index contributed by atoms with van der Waals surface area (Å²) >= 11 is 0. The molecule has 0 spiro atoms. The smallest absolute Gasteiger partial charge is 0.255 e. The van der Waals surface area contributed by atoms with Crippen LogP contribution in [-0.2, 0) is 14.8 Å². The minimum atomic E-state index is -3.68.